The van der Waals surface area contributed by atoms with Crippen molar-refractivity contribution in [1.29, 1.82) is 0 Å². The Labute approximate surface area is 231 Å². The highest BCUT2D eigenvalue weighted by Crippen LogP contribution is 2.32. The predicted molar refractivity (Wildman–Crippen MR) is 154 cm³/mol. The molecule has 2 amide bonds. The van der Waals surface area contributed by atoms with Crippen molar-refractivity contribution in [3.63, 3.8) is 0 Å². The first-order chi connectivity index (χ1) is 18.7. The first kappa shape index (κ1) is 26.7. The third-order valence-electron chi connectivity index (χ3n) is 7.08. The summed E-state index contributed by atoms with van der Waals surface area (Å²) >= 11 is 1.15. The first-order valence-electron chi connectivity index (χ1n) is 12.9. The van der Waals surface area contributed by atoms with Crippen molar-refractivity contribution < 1.29 is 14.4 Å². The summed E-state index contributed by atoms with van der Waals surface area (Å²) in [6.07, 6.45) is 0.567. The molecule has 1 aliphatic rings. The quantitative estimate of drug-likeness (QED) is 0.328. The van der Waals surface area contributed by atoms with Crippen LogP contribution in [0.4, 0.5) is 5.82 Å². The molecule has 0 unspecified atom stereocenters. The standard InChI is InChI=1S/C29H32N6O3S/c1-29(2,22-7-5-4-6-8-22)31-27(38)24-17-23-25(32-35(19-36)28(23)39-24)30-26(37)21-11-9-20(10-12-21)18-34-15-13-33(3)14-16-34/h4-12,17,19H,13-16,18H2,1-3H3,(H,31,38)(H,30,32,37). The van der Waals surface area contributed by atoms with Crippen molar-refractivity contribution in [2.24, 2.45) is 0 Å². The molecule has 0 saturated carbocycles. The topological polar surface area (TPSA) is 99.6 Å². The molecule has 202 valence electrons. The Balaban J connectivity index is 1.30. The Morgan fingerprint density at radius 3 is 2.36 bits per heavy atom. The molecule has 9 nitrogen and oxygen atoms in total. The number of anilines is 1. The smallest absolute Gasteiger partial charge is 0.262 e. The molecule has 1 aliphatic heterocycles. The van der Waals surface area contributed by atoms with E-state index in [1.807, 2.05) is 56.3 Å². The highest BCUT2D eigenvalue weighted by molar-refractivity contribution is 7.20. The zero-order chi connectivity index (χ0) is 27.6. The van der Waals surface area contributed by atoms with Gasteiger partial charge in [0.1, 0.15) is 4.83 Å². The SMILES string of the molecule is CN1CCN(Cc2ccc(C(=O)Nc3nn(C=O)c4sc(C(=O)NC(C)(C)c5ccccc5)cc34)cc2)CC1. The molecule has 2 aromatic heterocycles. The van der Waals surface area contributed by atoms with Crippen LogP contribution in [0.3, 0.4) is 0 Å². The number of amides is 2. The van der Waals surface area contributed by atoms with Gasteiger partial charge in [-0.2, -0.15) is 4.68 Å². The van der Waals surface area contributed by atoms with Gasteiger partial charge in [0.25, 0.3) is 11.8 Å². The zero-order valence-electron chi connectivity index (χ0n) is 22.3. The molecule has 39 heavy (non-hydrogen) atoms. The van der Waals surface area contributed by atoms with E-state index in [2.05, 4.69) is 32.6 Å². The number of piperazine rings is 1. The van der Waals surface area contributed by atoms with Gasteiger partial charge < -0.3 is 15.5 Å². The molecule has 5 rings (SSSR count). The molecule has 10 heteroatoms. The Kier molecular flexibility index (Phi) is 7.60. The summed E-state index contributed by atoms with van der Waals surface area (Å²) in [5.74, 6) is -0.363. The Morgan fingerprint density at radius 2 is 1.69 bits per heavy atom. The van der Waals surface area contributed by atoms with Crippen LogP contribution in [0.15, 0.2) is 60.7 Å². The van der Waals surface area contributed by atoms with E-state index in [-0.39, 0.29) is 17.6 Å². The maximum absolute atomic E-state index is 13.1. The highest BCUT2D eigenvalue weighted by Gasteiger charge is 2.26. The van der Waals surface area contributed by atoms with Crippen molar-refractivity contribution in [2.45, 2.75) is 25.9 Å². The van der Waals surface area contributed by atoms with E-state index < -0.39 is 5.54 Å². The monoisotopic (exact) mass is 544 g/mol. The molecule has 0 atom stereocenters. The molecule has 1 fully saturated rings. The minimum atomic E-state index is -0.598. The van der Waals surface area contributed by atoms with Crippen LogP contribution >= 0.6 is 11.3 Å². The van der Waals surface area contributed by atoms with Gasteiger partial charge in [-0.3, -0.25) is 19.3 Å². The van der Waals surface area contributed by atoms with E-state index in [0.717, 1.165) is 59.9 Å². The van der Waals surface area contributed by atoms with Gasteiger partial charge in [0.15, 0.2) is 5.82 Å². The van der Waals surface area contributed by atoms with Crippen LogP contribution < -0.4 is 10.6 Å². The van der Waals surface area contributed by atoms with Gasteiger partial charge in [0.2, 0.25) is 6.41 Å². The molecule has 3 heterocycles. The number of thiophene rings is 1. The normalized spacial score (nSPS) is 14.8. The fraction of sp³-hybridized carbons (Fsp3) is 0.310. The van der Waals surface area contributed by atoms with Gasteiger partial charge in [-0.25, -0.2) is 0 Å². The van der Waals surface area contributed by atoms with Crippen molar-refractivity contribution in [2.75, 3.05) is 38.5 Å². The fourth-order valence-corrected chi connectivity index (χ4v) is 5.65. The van der Waals surface area contributed by atoms with Gasteiger partial charge in [-0.05, 0) is 50.2 Å². The van der Waals surface area contributed by atoms with Crippen LogP contribution in [-0.2, 0) is 16.9 Å². The van der Waals surface area contributed by atoms with Crippen LogP contribution in [-0.4, -0.2) is 71.0 Å². The van der Waals surface area contributed by atoms with E-state index >= 15 is 0 Å². The summed E-state index contributed by atoms with van der Waals surface area (Å²) in [6, 6.07) is 18.9. The number of aromatic nitrogens is 2. The number of rotatable bonds is 8. The summed E-state index contributed by atoms with van der Waals surface area (Å²) in [5.41, 5.74) is 2.01. The fourth-order valence-electron chi connectivity index (χ4n) is 4.68. The van der Waals surface area contributed by atoms with Gasteiger partial charge in [0.05, 0.1) is 15.8 Å². The molecule has 0 spiro atoms. The third kappa shape index (κ3) is 5.93. The number of benzene rings is 2. The summed E-state index contributed by atoms with van der Waals surface area (Å²) < 4.78 is 1.15. The van der Waals surface area contributed by atoms with Crippen LogP contribution in [0.1, 0.15) is 45.0 Å². The minimum absolute atomic E-state index is 0.237. The predicted octanol–water partition coefficient (Wildman–Crippen LogP) is 3.80. The maximum atomic E-state index is 13.1. The first-order valence-corrected chi connectivity index (χ1v) is 13.7. The summed E-state index contributed by atoms with van der Waals surface area (Å²) in [5, 5.41) is 10.7. The van der Waals surface area contributed by atoms with Gasteiger partial charge in [-0.1, -0.05) is 42.5 Å². The molecule has 0 bridgehead atoms. The number of hydrogen-bond donors (Lipinski definition) is 2. The summed E-state index contributed by atoms with van der Waals surface area (Å²) in [4.78, 5) is 43.5. The second kappa shape index (κ2) is 11.1. The Bertz CT molecular complexity index is 1480. The van der Waals surface area contributed by atoms with Crippen molar-refractivity contribution >= 4 is 45.6 Å². The Hall–Kier alpha value is -3.86. The number of nitrogens with zero attached hydrogens (tertiary/aromatic N) is 4. The molecule has 0 aliphatic carbocycles. The largest absolute Gasteiger partial charge is 0.342 e. The summed E-state index contributed by atoms with van der Waals surface area (Å²) in [7, 11) is 2.13. The number of likely N-dealkylation sites (N-methyl/N-ethyl adjacent to an activating group) is 1. The lowest BCUT2D eigenvalue weighted by molar-refractivity contribution is 0.0915. The molecule has 2 aromatic carbocycles. The van der Waals surface area contributed by atoms with Crippen LogP contribution in [0, 0.1) is 0 Å². The molecule has 0 radical (unpaired) electrons. The number of fused-ring (bicyclic) bond motifs is 1. The lowest BCUT2D eigenvalue weighted by Gasteiger charge is -2.32. The Morgan fingerprint density at radius 1 is 1.00 bits per heavy atom. The van der Waals surface area contributed by atoms with Crippen LogP contribution in [0.5, 0.6) is 0 Å². The summed E-state index contributed by atoms with van der Waals surface area (Å²) in [6.45, 7) is 8.88. The maximum Gasteiger partial charge on any atom is 0.262 e. The molecular formula is C29H32N6O3S. The lowest BCUT2D eigenvalue weighted by atomic mass is 9.94. The number of carbonyl (C=O) groups is 3. The molecule has 4 aromatic rings. The second-order valence-electron chi connectivity index (χ2n) is 10.4. The third-order valence-corrected chi connectivity index (χ3v) is 8.20. The van der Waals surface area contributed by atoms with Crippen molar-refractivity contribution in [1.82, 2.24) is 24.9 Å². The minimum Gasteiger partial charge on any atom is -0.342 e. The van der Waals surface area contributed by atoms with E-state index in [0.29, 0.717) is 27.1 Å². The number of hydrogen-bond acceptors (Lipinski definition) is 7. The van der Waals surface area contributed by atoms with E-state index in [9.17, 15) is 14.4 Å². The molecular weight excluding hydrogens is 512 g/mol. The second-order valence-corrected chi connectivity index (χ2v) is 11.4. The van der Waals surface area contributed by atoms with E-state index in [1.54, 1.807) is 18.2 Å². The van der Waals surface area contributed by atoms with E-state index in [1.165, 1.54) is 0 Å². The molecule has 1 saturated heterocycles. The van der Waals surface area contributed by atoms with Crippen molar-refractivity contribution in [3.8, 4) is 0 Å². The molecule has 2 N–H and O–H groups in total. The average molecular weight is 545 g/mol. The van der Waals surface area contributed by atoms with Gasteiger partial charge in [-0.15, -0.1) is 16.4 Å². The van der Waals surface area contributed by atoms with E-state index in [4.69, 9.17) is 0 Å². The number of carbonyl (C=O) groups excluding carboxylic acids is 3. The van der Waals surface area contributed by atoms with Gasteiger partial charge in [0, 0.05) is 38.3 Å². The van der Waals surface area contributed by atoms with Crippen LogP contribution in [0.2, 0.25) is 0 Å². The van der Waals surface area contributed by atoms with Gasteiger partial charge >= 0.3 is 0 Å². The number of nitrogens with one attached hydrogen (secondary N) is 2. The lowest BCUT2D eigenvalue weighted by Crippen LogP contribution is -2.43. The zero-order valence-corrected chi connectivity index (χ0v) is 23.1. The van der Waals surface area contributed by atoms with Crippen LogP contribution in [0.25, 0.3) is 10.2 Å². The van der Waals surface area contributed by atoms with Crippen molar-refractivity contribution in [3.05, 3.63) is 82.2 Å². The average Bonchev–Trinajstić information content (AvgIpc) is 3.51. The highest BCUT2D eigenvalue weighted by atomic mass is 32.1.